The molecular formula is C19H17BrN4OS. The zero-order valence-corrected chi connectivity index (χ0v) is 16.4. The van der Waals surface area contributed by atoms with Gasteiger partial charge in [0.1, 0.15) is 0 Å². The lowest BCUT2D eigenvalue weighted by molar-refractivity contribution is 0.0945. The molecule has 2 aromatic carbocycles. The summed E-state index contributed by atoms with van der Waals surface area (Å²) in [6.45, 7) is 2.60. The number of aromatic nitrogens is 1. The maximum Gasteiger partial charge on any atom is 0.270 e. The van der Waals surface area contributed by atoms with E-state index in [1.165, 1.54) is 0 Å². The van der Waals surface area contributed by atoms with Crippen LogP contribution in [0.15, 0.2) is 59.1 Å². The van der Waals surface area contributed by atoms with E-state index in [0.29, 0.717) is 17.2 Å². The summed E-state index contributed by atoms with van der Waals surface area (Å²) in [5.41, 5.74) is 8.28. The molecule has 0 unspecified atom stereocenters. The quantitative estimate of drug-likeness (QED) is 0.437. The van der Waals surface area contributed by atoms with Crippen LogP contribution in [0.1, 0.15) is 17.3 Å². The molecule has 0 aliphatic heterocycles. The number of hydrazine groups is 1. The molecular weight excluding hydrogens is 412 g/mol. The van der Waals surface area contributed by atoms with Crippen molar-refractivity contribution in [3.8, 4) is 11.3 Å². The zero-order valence-electron chi connectivity index (χ0n) is 14.0. The van der Waals surface area contributed by atoms with Crippen LogP contribution in [0.3, 0.4) is 0 Å². The van der Waals surface area contributed by atoms with Gasteiger partial charge in [-0.3, -0.25) is 15.6 Å². The van der Waals surface area contributed by atoms with E-state index in [1.807, 2.05) is 55.5 Å². The molecule has 0 fully saturated rings. The number of amides is 1. The van der Waals surface area contributed by atoms with Crippen LogP contribution in [0.4, 0.5) is 0 Å². The van der Waals surface area contributed by atoms with Gasteiger partial charge in [-0.05, 0) is 43.4 Å². The lowest BCUT2D eigenvalue weighted by Gasteiger charge is -2.13. The Balaban J connectivity index is 2.00. The summed E-state index contributed by atoms with van der Waals surface area (Å²) in [6, 6.07) is 17.2. The van der Waals surface area contributed by atoms with E-state index in [4.69, 9.17) is 17.2 Å². The molecule has 1 heterocycles. The molecule has 7 heteroatoms. The van der Waals surface area contributed by atoms with Gasteiger partial charge in [0.15, 0.2) is 5.11 Å². The number of thiocarbonyl (C=S) groups is 1. The molecule has 3 aromatic rings. The van der Waals surface area contributed by atoms with E-state index in [2.05, 4.69) is 32.1 Å². The van der Waals surface area contributed by atoms with E-state index in [9.17, 15) is 4.79 Å². The highest BCUT2D eigenvalue weighted by Gasteiger charge is 2.14. The molecule has 26 heavy (non-hydrogen) atoms. The number of rotatable bonds is 3. The summed E-state index contributed by atoms with van der Waals surface area (Å²) in [5.74, 6) is -0.278. The maximum absolute atomic E-state index is 12.7. The number of hydrogen-bond acceptors (Lipinski definition) is 3. The van der Waals surface area contributed by atoms with E-state index in [0.717, 1.165) is 26.6 Å². The van der Waals surface area contributed by atoms with Crippen LogP contribution >= 0.6 is 28.1 Å². The van der Waals surface area contributed by atoms with E-state index in [1.54, 1.807) is 6.07 Å². The number of nitrogens with zero attached hydrogens (tertiary/aromatic N) is 1. The number of carbonyl (C=O) groups is 1. The number of carbonyl (C=O) groups excluding carboxylic acids is 1. The standard InChI is InChI=1S/C19H17BrN4OS/c1-2-21-19(26)24-23-18(25)15-11-17(12-6-5-7-13(20)10-12)22-16-9-4-3-8-14(15)16/h3-11H,2H2,1H3,(H,23,25)(H2,21,24,26). The van der Waals surface area contributed by atoms with E-state index >= 15 is 0 Å². The summed E-state index contributed by atoms with van der Waals surface area (Å²) < 4.78 is 0.952. The van der Waals surface area contributed by atoms with E-state index < -0.39 is 0 Å². The number of para-hydroxylation sites is 1. The maximum atomic E-state index is 12.7. The zero-order chi connectivity index (χ0) is 18.5. The Morgan fingerprint density at radius 2 is 1.92 bits per heavy atom. The average Bonchev–Trinajstić information content (AvgIpc) is 2.65. The van der Waals surface area contributed by atoms with Gasteiger partial charge < -0.3 is 5.32 Å². The fraction of sp³-hybridized carbons (Fsp3) is 0.105. The number of pyridine rings is 1. The Bertz CT molecular complexity index is 977. The molecule has 0 saturated heterocycles. The van der Waals surface area contributed by atoms with Crippen molar-refractivity contribution in [3.63, 3.8) is 0 Å². The number of fused-ring (bicyclic) bond motifs is 1. The predicted molar refractivity (Wildman–Crippen MR) is 112 cm³/mol. The lowest BCUT2D eigenvalue weighted by atomic mass is 10.0. The average molecular weight is 429 g/mol. The van der Waals surface area contributed by atoms with Gasteiger partial charge >= 0.3 is 0 Å². The van der Waals surface area contributed by atoms with Crippen molar-refractivity contribution in [3.05, 3.63) is 64.6 Å². The first-order chi connectivity index (χ1) is 12.6. The number of halogens is 1. The Labute approximate surface area is 165 Å². The monoisotopic (exact) mass is 428 g/mol. The molecule has 132 valence electrons. The summed E-state index contributed by atoms with van der Waals surface area (Å²) in [5, 5.41) is 4.07. The van der Waals surface area contributed by atoms with Crippen LogP contribution in [-0.2, 0) is 0 Å². The van der Waals surface area contributed by atoms with Gasteiger partial charge in [0.25, 0.3) is 5.91 Å². The van der Waals surface area contributed by atoms with Crippen LogP contribution in [0.2, 0.25) is 0 Å². The summed E-state index contributed by atoms with van der Waals surface area (Å²) in [4.78, 5) is 17.4. The molecule has 3 N–H and O–H groups in total. The SMILES string of the molecule is CCNC(=S)NNC(=O)c1cc(-c2cccc(Br)c2)nc2ccccc12. The topological polar surface area (TPSA) is 66.0 Å². The molecule has 0 saturated carbocycles. The van der Waals surface area contributed by atoms with Crippen molar-refractivity contribution in [1.82, 2.24) is 21.2 Å². The van der Waals surface area contributed by atoms with Crippen LogP contribution in [-0.4, -0.2) is 22.5 Å². The normalized spacial score (nSPS) is 10.4. The van der Waals surface area contributed by atoms with Gasteiger partial charge in [0, 0.05) is 22.0 Å². The minimum atomic E-state index is -0.278. The predicted octanol–water partition coefficient (Wildman–Crippen LogP) is 3.79. The molecule has 5 nitrogen and oxygen atoms in total. The lowest BCUT2D eigenvalue weighted by Crippen LogP contribution is -2.46. The molecule has 0 radical (unpaired) electrons. The fourth-order valence-corrected chi connectivity index (χ4v) is 3.14. The van der Waals surface area contributed by atoms with Gasteiger partial charge in [-0.15, -0.1) is 0 Å². The minimum Gasteiger partial charge on any atom is -0.362 e. The highest BCUT2D eigenvalue weighted by atomic mass is 79.9. The molecule has 1 aromatic heterocycles. The van der Waals surface area contributed by atoms with Gasteiger partial charge in [0.2, 0.25) is 0 Å². The van der Waals surface area contributed by atoms with Crippen molar-refractivity contribution in [2.75, 3.05) is 6.54 Å². The number of nitrogens with one attached hydrogen (secondary N) is 3. The number of benzene rings is 2. The van der Waals surface area contributed by atoms with Crippen molar-refractivity contribution in [2.45, 2.75) is 6.92 Å². The highest BCUT2D eigenvalue weighted by molar-refractivity contribution is 9.10. The van der Waals surface area contributed by atoms with E-state index in [-0.39, 0.29) is 5.91 Å². The largest absolute Gasteiger partial charge is 0.362 e. The van der Waals surface area contributed by atoms with Crippen LogP contribution in [0.25, 0.3) is 22.2 Å². The third kappa shape index (κ3) is 4.17. The molecule has 0 aliphatic rings. The second kappa shape index (κ2) is 8.25. The Hall–Kier alpha value is -2.51. The smallest absolute Gasteiger partial charge is 0.270 e. The third-order valence-corrected chi connectivity index (χ3v) is 4.45. The number of hydrogen-bond donors (Lipinski definition) is 3. The van der Waals surface area contributed by atoms with Crippen LogP contribution < -0.4 is 16.2 Å². The Morgan fingerprint density at radius 1 is 1.12 bits per heavy atom. The second-order valence-electron chi connectivity index (χ2n) is 5.52. The molecule has 1 amide bonds. The van der Waals surface area contributed by atoms with Crippen molar-refractivity contribution >= 4 is 50.1 Å². The fourth-order valence-electron chi connectivity index (χ4n) is 2.54. The molecule has 3 rings (SSSR count). The van der Waals surface area contributed by atoms with Crippen molar-refractivity contribution in [1.29, 1.82) is 0 Å². The Kier molecular flexibility index (Phi) is 5.80. The minimum absolute atomic E-state index is 0.278. The van der Waals surface area contributed by atoms with Crippen LogP contribution in [0, 0.1) is 0 Å². The van der Waals surface area contributed by atoms with Gasteiger partial charge in [-0.2, -0.15) is 0 Å². The van der Waals surface area contributed by atoms with Gasteiger partial charge in [-0.1, -0.05) is 46.3 Å². The third-order valence-electron chi connectivity index (χ3n) is 3.71. The molecule has 0 aliphatic carbocycles. The second-order valence-corrected chi connectivity index (χ2v) is 6.85. The van der Waals surface area contributed by atoms with Crippen LogP contribution in [0.5, 0.6) is 0 Å². The molecule has 0 atom stereocenters. The highest BCUT2D eigenvalue weighted by Crippen LogP contribution is 2.26. The van der Waals surface area contributed by atoms with Gasteiger partial charge in [0.05, 0.1) is 16.8 Å². The summed E-state index contributed by atoms with van der Waals surface area (Å²) in [6.07, 6.45) is 0. The molecule has 0 bridgehead atoms. The van der Waals surface area contributed by atoms with Crippen molar-refractivity contribution in [2.24, 2.45) is 0 Å². The van der Waals surface area contributed by atoms with Crippen molar-refractivity contribution < 1.29 is 4.79 Å². The first-order valence-corrected chi connectivity index (χ1v) is 9.28. The first kappa shape index (κ1) is 18.3. The summed E-state index contributed by atoms with van der Waals surface area (Å²) in [7, 11) is 0. The van der Waals surface area contributed by atoms with Gasteiger partial charge in [-0.25, -0.2) is 4.98 Å². The Morgan fingerprint density at radius 3 is 2.69 bits per heavy atom. The first-order valence-electron chi connectivity index (χ1n) is 8.08. The molecule has 0 spiro atoms. The summed E-state index contributed by atoms with van der Waals surface area (Å²) >= 11 is 8.55.